The van der Waals surface area contributed by atoms with E-state index in [1.54, 1.807) is 20.2 Å². The molecule has 0 spiro atoms. The second kappa shape index (κ2) is 4.72. The van der Waals surface area contributed by atoms with E-state index in [2.05, 4.69) is 20.9 Å². The van der Waals surface area contributed by atoms with E-state index in [0.717, 1.165) is 16.6 Å². The highest BCUT2D eigenvalue weighted by Crippen LogP contribution is 2.31. The molecule has 6 heteroatoms. The number of pyridine rings is 1. The number of methoxy groups -OCH3 is 1. The van der Waals surface area contributed by atoms with E-state index in [-0.39, 0.29) is 0 Å². The van der Waals surface area contributed by atoms with Crippen LogP contribution in [0.1, 0.15) is 6.92 Å². The van der Waals surface area contributed by atoms with Crippen LogP contribution in [0.25, 0.3) is 0 Å². The molecule has 0 N–H and O–H groups in total. The number of hydrogen-bond acceptors (Lipinski definition) is 5. The van der Waals surface area contributed by atoms with Gasteiger partial charge in [0.05, 0.1) is 18.4 Å². The summed E-state index contributed by atoms with van der Waals surface area (Å²) >= 11 is 3.27. The molecule has 0 radical (unpaired) electrons. The largest absolute Gasteiger partial charge is 0.354 e. The topological polar surface area (TPSA) is 51.7 Å². The molecular formula is C11H13BrN2O3. The molecule has 1 aliphatic rings. The third-order valence-electron chi connectivity index (χ3n) is 2.74. The lowest BCUT2D eigenvalue weighted by Crippen LogP contribution is -2.43. The summed E-state index contributed by atoms with van der Waals surface area (Å²) in [7, 11) is 1.55. The average molecular weight is 301 g/mol. The van der Waals surface area contributed by atoms with Gasteiger partial charge in [0.15, 0.2) is 18.3 Å². The quantitative estimate of drug-likeness (QED) is 0.626. The third-order valence-corrected chi connectivity index (χ3v) is 3.21. The number of rotatable bonds is 3. The van der Waals surface area contributed by atoms with Crippen LogP contribution in [0.3, 0.4) is 0 Å². The minimum Gasteiger partial charge on any atom is -0.354 e. The van der Waals surface area contributed by atoms with Crippen LogP contribution >= 0.6 is 15.9 Å². The van der Waals surface area contributed by atoms with Crippen molar-refractivity contribution in [1.82, 2.24) is 4.98 Å². The predicted molar refractivity (Wildman–Crippen MR) is 65.6 cm³/mol. The molecule has 1 aliphatic heterocycles. The van der Waals surface area contributed by atoms with Gasteiger partial charge in [-0.1, -0.05) is 0 Å². The van der Waals surface area contributed by atoms with E-state index in [1.807, 2.05) is 17.0 Å². The molecule has 2 heterocycles. The van der Waals surface area contributed by atoms with E-state index in [0.29, 0.717) is 6.54 Å². The zero-order chi connectivity index (χ0) is 12.5. The highest BCUT2D eigenvalue weighted by Gasteiger charge is 2.43. The van der Waals surface area contributed by atoms with Crippen molar-refractivity contribution in [2.45, 2.75) is 18.9 Å². The standard InChI is InChI=1S/C11H13BrN2O3/c1-11(7-15)14(6-10(16-2)17-11)8-3-4-9(12)13-5-8/h3-5,7,10H,6H2,1-2H3. The SMILES string of the molecule is COC1CN(c2ccc(Br)nc2)C(C)(C=O)O1. The summed E-state index contributed by atoms with van der Waals surface area (Å²) in [6.07, 6.45) is 2.05. The van der Waals surface area contributed by atoms with Gasteiger partial charge in [0.2, 0.25) is 0 Å². The van der Waals surface area contributed by atoms with E-state index < -0.39 is 12.0 Å². The molecule has 2 rings (SSSR count). The van der Waals surface area contributed by atoms with Crippen molar-refractivity contribution in [2.24, 2.45) is 0 Å². The fourth-order valence-electron chi connectivity index (χ4n) is 1.80. The first-order valence-corrected chi connectivity index (χ1v) is 5.94. The Balaban J connectivity index is 2.30. The molecule has 0 saturated carbocycles. The van der Waals surface area contributed by atoms with E-state index in [9.17, 15) is 4.79 Å². The Kier molecular flexibility index (Phi) is 3.46. The average Bonchev–Trinajstić information content (AvgIpc) is 2.69. The van der Waals surface area contributed by atoms with Gasteiger partial charge in [0.25, 0.3) is 0 Å². The zero-order valence-electron chi connectivity index (χ0n) is 9.59. The first kappa shape index (κ1) is 12.5. The van der Waals surface area contributed by atoms with Crippen molar-refractivity contribution in [1.29, 1.82) is 0 Å². The van der Waals surface area contributed by atoms with Crippen molar-refractivity contribution in [2.75, 3.05) is 18.6 Å². The van der Waals surface area contributed by atoms with Crippen LogP contribution < -0.4 is 4.90 Å². The van der Waals surface area contributed by atoms with Crippen LogP contribution in [-0.2, 0) is 14.3 Å². The lowest BCUT2D eigenvalue weighted by Gasteiger charge is -2.29. The Morgan fingerprint density at radius 2 is 2.47 bits per heavy atom. The van der Waals surface area contributed by atoms with Gasteiger partial charge in [-0.25, -0.2) is 4.98 Å². The molecule has 5 nitrogen and oxygen atoms in total. The molecule has 1 aromatic rings. The monoisotopic (exact) mass is 300 g/mol. The van der Waals surface area contributed by atoms with E-state index in [1.165, 1.54) is 0 Å². The van der Waals surface area contributed by atoms with Gasteiger partial charge >= 0.3 is 0 Å². The number of halogens is 1. The first-order valence-electron chi connectivity index (χ1n) is 5.15. The molecule has 1 saturated heterocycles. The van der Waals surface area contributed by atoms with Crippen molar-refractivity contribution in [3.05, 3.63) is 22.9 Å². The Morgan fingerprint density at radius 3 is 3.00 bits per heavy atom. The van der Waals surface area contributed by atoms with Gasteiger partial charge in [-0.15, -0.1) is 0 Å². The zero-order valence-corrected chi connectivity index (χ0v) is 11.2. The van der Waals surface area contributed by atoms with Crippen molar-refractivity contribution >= 4 is 27.9 Å². The van der Waals surface area contributed by atoms with Crippen LogP contribution in [0.15, 0.2) is 22.9 Å². The number of aldehydes is 1. The molecule has 0 aliphatic carbocycles. The second-order valence-corrected chi connectivity index (χ2v) is 4.72. The molecule has 1 aromatic heterocycles. The van der Waals surface area contributed by atoms with Gasteiger partial charge in [-0.3, -0.25) is 4.79 Å². The number of aromatic nitrogens is 1. The second-order valence-electron chi connectivity index (χ2n) is 3.91. The number of carbonyl (C=O) groups is 1. The number of anilines is 1. The molecular weight excluding hydrogens is 288 g/mol. The minimum absolute atomic E-state index is 0.408. The summed E-state index contributed by atoms with van der Waals surface area (Å²) in [6.45, 7) is 2.20. The Labute approximate surface area is 108 Å². The highest BCUT2D eigenvalue weighted by molar-refractivity contribution is 9.10. The molecule has 17 heavy (non-hydrogen) atoms. The Hall–Kier alpha value is -0.980. The fourth-order valence-corrected chi connectivity index (χ4v) is 2.04. The van der Waals surface area contributed by atoms with Crippen molar-refractivity contribution in [3.8, 4) is 0 Å². The summed E-state index contributed by atoms with van der Waals surface area (Å²) in [5.41, 5.74) is -0.182. The normalized spacial score (nSPS) is 28.4. The number of hydrogen-bond donors (Lipinski definition) is 0. The van der Waals surface area contributed by atoms with Crippen LogP contribution in [0.5, 0.6) is 0 Å². The molecule has 2 unspecified atom stereocenters. The lowest BCUT2D eigenvalue weighted by molar-refractivity contribution is -0.155. The van der Waals surface area contributed by atoms with Gasteiger partial charge in [0.1, 0.15) is 4.60 Å². The van der Waals surface area contributed by atoms with Crippen LogP contribution in [0.4, 0.5) is 5.69 Å². The maximum absolute atomic E-state index is 11.2. The third kappa shape index (κ3) is 2.34. The van der Waals surface area contributed by atoms with Gasteiger partial charge in [-0.2, -0.15) is 0 Å². The van der Waals surface area contributed by atoms with Gasteiger partial charge in [0, 0.05) is 7.11 Å². The summed E-state index contributed by atoms with van der Waals surface area (Å²) in [6, 6.07) is 3.70. The fraction of sp³-hybridized carbons (Fsp3) is 0.455. The van der Waals surface area contributed by atoms with E-state index in [4.69, 9.17) is 9.47 Å². The molecule has 2 atom stereocenters. The minimum atomic E-state index is -1.00. The van der Waals surface area contributed by atoms with Crippen molar-refractivity contribution < 1.29 is 14.3 Å². The maximum atomic E-state index is 11.2. The highest BCUT2D eigenvalue weighted by atomic mass is 79.9. The van der Waals surface area contributed by atoms with Crippen LogP contribution in [0.2, 0.25) is 0 Å². The predicted octanol–water partition coefficient (Wildman–Crippen LogP) is 1.57. The smallest absolute Gasteiger partial charge is 0.198 e. The number of ether oxygens (including phenoxy) is 2. The van der Waals surface area contributed by atoms with Crippen LogP contribution in [-0.4, -0.2) is 36.9 Å². The van der Waals surface area contributed by atoms with Gasteiger partial charge < -0.3 is 14.4 Å². The number of nitrogens with zero attached hydrogens (tertiary/aromatic N) is 2. The van der Waals surface area contributed by atoms with Gasteiger partial charge in [-0.05, 0) is 35.0 Å². The number of carbonyl (C=O) groups excluding carboxylic acids is 1. The summed E-state index contributed by atoms with van der Waals surface area (Å²) in [4.78, 5) is 17.2. The lowest BCUT2D eigenvalue weighted by atomic mass is 10.2. The molecule has 1 fully saturated rings. The molecule has 0 amide bonds. The first-order chi connectivity index (χ1) is 8.09. The maximum Gasteiger partial charge on any atom is 0.198 e. The molecule has 0 aromatic carbocycles. The van der Waals surface area contributed by atoms with E-state index >= 15 is 0 Å². The summed E-state index contributed by atoms with van der Waals surface area (Å²) in [5, 5.41) is 0. The summed E-state index contributed by atoms with van der Waals surface area (Å²) in [5.74, 6) is 0. The molecule has 0 bridgehead atoms. The molecule has 92 valence electrons. The van der Waals surface area contributed by atoms with Crippen molar-refractivity contribution in [3.63, 3.8) is 0 Å². The Bertz CT molecular complexity index is 412. The Morgan fingerprint density at radius 1 is 1.71 bits per heavy atom. The van der Waals surface area contributed by atoms with Crippen LogP contribution in [0, 0.1) is 0 Å². The summed E-state index contributed by atoms with van der Waals surface area (Å²) < 4.78 is 11.4.